The fourth-order valence-electron chi connectivity index (χ4n) is 3.77. The van der Waals surface area contributed by atoms with Crippen molar-refractivity contribution in [3.8, 4) is 16.5 Å². The van der Waals surface area contributed by atoms with Crippen LogP contribution >= 0.6 is 23.6 Å². The van der Waals surface area contributed by atoms with Crippen molar-refractivity contribution in [2.45, 2.75) is 37.5 Å². The number of hydrogen-bond acceptors (Lipinski definition) is 3. The van der Waals surface area contributed by atoms with Gasteiger partial charge in [0.25, 0.3) is 0 Å². The average molecular weight is 324 g/mol. The van der Waals surface area contributed by atoms with Gasteiger partial charge in [-0.2, -0.15) is 5.26 Å². The molecule has 1 aliphatic heterocycles. The SMILES string of the molecule is N#Cc1ccc(-c2ccc3c(c2)C2(CCCCC2)C(=S)N3)s1. The Morgan fingerprint density at radius 1 is 1.14 bits per heavy atom. The van der Waals surface area contributed by atoms with Crippen LogP contribution < -0.4 is 5.32 Å². The monoisotopic (exact) mass is 324 g/mol. The van der Waals surface area contributed by atoms with E-state index in [4.69, 9.17) is 17.5 Å². The van der Waals surface area contributed by atoms with Crippen molar-refractivity contribution < 1.29 is 0 Å². The topological polar surface area (TPSA) is 35.8 Å². The third-order valence-corrected chi connectivity index (χ3v) is 6.46. The van der Waals surface area contributed by atoms with E-state index in [2.05, 4.69) is 29.6 Å². The molecule has 0 saturated heterocycles. The van der Waals surface area contributed by atoms with Crippen LogP contribution in [0.4, 0.5) is 5.69 Å². The third-order valence-electron chi connectivity index (χ3n) is 4.93. The molecule has 0 radical (unpaired) electrons. The van der Waals surface area contributed by atoms with Crippen molar-refractivity contribution in [2.75, 3.05) is 5.32 Å². The summed E-state index contributed by atoms with van der Waals surface area (Å²) < 4.78 is 0. The van der Waals surface area contributed by atoms with Crippen molar-refractivity contribution >= 4 is 34.2 Å². The molecule has 1 fully saturated rings. The molecule has 2 nitrogen and oxygen atoms in total. The molecule has 1 N–H and O–H groups in total. The average Bonchev–Trinajstić information content (AvgIpc) is 3.13. The zero-order chi connectivity index (χ0) is 15.2. The van der Waals surface area contributed by atoms with Crippen LogP contribution in [0.1, 0.15) is 42.5 Å². The van der Waals surface area contributed by atoms with E-state index in [-0.39, 0.29) is 5.41 Å². The molecule has 1 aromatic heterocycles. The van der Waals surface area contributed by atoms with Gasteiger partial charge in [-0.1, -0.05) is 37.5 Å². The lowest BCUT2D eigenvalue weighted by atomic mass is 9.70. The molecule has 4 rings (SSSR count). The third kappa shape index (κ3) is 2.00. The largest absolute Gasteiger partial charge is 0.349 e. The predicted octanol–water partition coefficient (Wildman–Crippen LogP) is 5.24. The minimum absolute atomic E-state index is 0.0498. The molecule has 0 bridgehead atoms. The molecule has 0 amide bonds. The number of thiocarbonyl (C=S) groups is 1. The van der Waals surface area contributed by atoms with Gasteiger partial charge < -0.3 is 5.32 Å². The Balaban J connectivity index is 1.81. The minimum atomic E-state index is 0.0498. The summed E-state index contributed by atoms with van der Waals surface area (Å²) in [6.07, 6.45) is 6.13. The van der Waals surface area contributed by atoms with E-state index in [1.165, 1.54) is 36.1 Å². The van der Waals surface area contributed by atoms with Crippen LogP contribution in [-0.4, -0.2) is 4.99 Å². The predicted molar refractivity (Wildman–Crippen MR) is 95.5 cm³/mol. The summed E-state index contributed by atoms with van der Waals surface area (Å²) in [4.78, 5) is 2.92. The van der Waals surface area contributed by atoms with E-state index < -0.39 is 0 Å². The highest BCUT2D eigenvalue weighted by molar-refractivity contribution is 7.80. The maximum atomic E-state index is 9.02. The first-order chi connectivity index (χ1) is 10.7. The molecular formula is C18H16N2S2. The molecule has 0 unspecified atom stereocenters. The fourth-order valence-corrected chi connectivity index (χ4v) is 5.00. The van der Waals surface area contributed by atoms with Crippen molar-refractivity contribution in [3.63, 3.8) is 0 Å². The second-order valence-electron chi connectivity index (χ2n) is 6.13. The summed E-state index contributed by atoms with van der Waals surface area (Å²) in [5, 5.41) is 12.5. The first-order valence-electron chi connectivity index (χ1n) is 7.69. The Labute approximate surface area is 139 Å². The lowest BCUT2D eigenvalue weighted by molar-refractivity contribution is 0.389. The molecule has 1 spiro atoms. The van der Waals surface area contributed by atoms with Crippen LogP contribution in [0, 0.1) is 11.3 Å². The van der Waals surface area contributed by atoms with Gasteiger partial charge in [-0.3, -0.25) is 0 Å². The summed E-state index contributed by atoms with van der Waals surface area (Å²) in [7, 11) is 0. The van der Waals surface area contributed by atoms with E-state index in [0.29, 0.717) is 0 Å². The molecular weight excluding hydrogens is 308 g/mol. The van der Waals surface area contributed by atoms with E-state index >= 15 is 0 Å². The maximum absolute atomic E-state index is 9.02. The summed E-state index contributed by atoms with van der Waals surface area (Å²) in [5.41, 5.74) is 3.78. The van der Waals surface area contributed by atoms with Crippen LogP contribution in [-0.2, 0) is 5.41 Å². The number of fused-ring (bicyclic) bond motifs is 2. The van der Waals surface area contributed by atoms with Crippen LogP contribution in [0.2, 0.25) is 0 Å². The summed E-state index contributed by atoms with van der Waals surface area (Å²) in [5.74, 6) is 0. The first kappa shape index (κ1) is 13.9. The molecule has 110 valence electrons. The first-order valence-corrected chi connectivity index (χ1v) is 8.92. The fraction of sp³-hybridized carbons (Fsp3) is 0.333. The molecule has 1 saturated carbocycles. The molecule has 2 aliphatic rings. The van der Waals surface area contributed by atoms with Gasteiger partial charge >= 0.3 is 0 Å². The van der Waals surface area contributed by atoms with Crippen molar-refractivity contribution in [1.29, 1.82) is 5.26 Å². The maximum Gasteiger partial charge on any atom is 0.110 e. The zero-order valence-electron chi connectivity index (χ0n) is 12.2. The van der Waals surface area contributed by atoms with Crippen LogP contribution in [0.25, 0.3) is 10.4 Å². The standard InChI is InChI=1S/C18H16N2S2/c19-11-13-5-7-16(22-13)12-4-6-15-14(10-12)18(17(21)20-15)8-2-1-3-9-18/h4-7,10H,1-3,8-9H2,(H,20,21). The normalized spacial score (nSPS) is 18.8. The Morgan fingerprint density at radius 2 is 1.95 bits per heavy atom. The molecule has 22 heavy (non-hydrogen) atoms. The van der Waals surface area contributed by atoms with Gasteiger partial charge in [0, 0.05) is 16.0 Å². The number of anilines is 1. The van der Waals surface area contributed by atoms with Crippen LogP contribution in [0.15, 0.2) is 30.3 Å². The molecule has 1 aromatic carbocycles. The van der Waals surface area contributed by atoms with Gasteiger partial charge in [-0.05, 0) is 48.2 Å². The lowest BCUT2D eigenvalue weighted by Gasteiger charge is -2.33. The molecule has 4 heteroatoms. The van der Waals surface area contributed by atoms with Gasteiger partial charge in [0.1, 0.15) is 10.9 Å². The number of nitrogens with zero attached hydrogens (tertiary/aromatic N) is 1. The van der Waals surface area contributed by atoms with Gasteiger partial charge in [0.15, 0.2) is 0 Å². The van der Waals surface area contributed by atoms with Gasteiger partial charge in [-0.15, -0.1) is 11.3 Å². The zero-order valence-corrected chi connectivity index (χ0v) is 13.8. The molecule has 1 aliphatic carbocycles. The van der Waals surface area contributed by atoms with Crippen LogP contribution in [0.3, 0.4) is 0 Å². The second-order valence-corrected chi connectivity index (χ2v) is 7.62. The number of hydrogen-bond donors (Lipinski definition) is 1. The highest BCUT2D eigenvalue weighted by atomic mass is 32.1. The van der Waals surface area contributed by atoms with E-state index in [1.54, 1.807) is 11.3 Å². The van der Waals surface area contributed by atoms with E-state index in [9.17, 15) is 0 Å². The minimum Gasteiger partial charge on any atom is -0.349 e. The second kappa shape index (κ2) is 5.19. The van der Waals surface area contributed by atoms with Crippen molar-refractivity contribution in [2.24, 2.45) is 0 Å². The highest BCUT2D eigenvalue weighted by Crippen LogP contribution is 2.49. The van der Waals surface area contributed by atoms with Crippen molar-refractivity contribution in [3.05, 3.63) is 40.8 Å². The summed E-state index contributed by atoms with van der Waals surface area (Å²) >= 11 is 7.24. The molecule has 2 heterocycles. The summed E-state index contributed by atoms with van der Waals surface area (Å²) in [6, 6.07) is 12.7. The molecule has 2 aromatic rings. The quantitative estimate of drug-likeness (QED) is 0.729. The number of nitriles is 1. The number of thiophene rings is 1. The smallest absolute Gasteiger partial charge is 0.110 e. The van der Waals surface area contributed by atoms with E-state index in [1.807, 2.05) is 12.1 Å². The Kier molecular flexibility index (Phi) is 3.28. The van der Waals surface area contributed by atoms with Gasteiger partial charge in [0.05, 0.1) is 4.99 Å². The van der Waals surface area contributed by atoms with Crippen molar-refractivity contribution in [1.82, 2.24) is 0 Å². The molecule has 0 atom stereocenters. The van der Waals surface area contributed by atoms with Gasteiger partial charge in [-0.25, -0.2) is 0 Å². The van der Waals surface area contributed by atoms with Gasteiger partial charge in [0.2, 0.25) is 0 Å². The Hall–Kier alpha value is -1.70. The Bertz CT molecular complexity index is 792. The number of benzene rings is 1. The van der Waals surface area contributed by atoms with Crippen LogP contribution in [0.5, 0.6) is 0 Å². The number of nitrogens with one attached hydrogen (secondary N) is 1. The Morgan fingerprint density at radius 3 is 2.68 bits per heavy atom. The lowest BCUT2D eigenvalue weighted by Crippen LogP contribution is -2.35. The number of rotatable bonds is 1. The highest BCUT2D eigenvalue weighted by Gasteiger charge is 2.44. The summed E-state index contributed by atoms with van der Waals surface area (Å²) in [6.45, 7) is 0. The van der Waals surface area contributed by atoms with E-state index in [0.717, 1.165) is 27.6 Å².